The van der Waals surface area contributed by atoms with E-state index in [1.807, 2.05) is 0 Å². The molecule has 1 amide bonds. The van der Waals surface area contributed by atoms with Gasteiger partial charge in [-0.05, 0) is 18.6 Å². The number of unbranched alkanes of at least 4 members (excludes halogenated alkanes) is 14. The Morgan fingerprint density at radius 2 is 1.33 bits per heavy atom. The summed E-state index contributed by atoms with van der Waals surface area (Å²) in [6, 6.07) is 5.17. The molecule has 0 saturated heterocycles. The second kappa shape index (κ2) is 18.7. The third-order valence-electron chi connectivity index (χ3n) is 5.36. The highest BCUT2D eigenvalue weighted by Crippen LogP contribution is 2.19. The molecular weight excluding hydrogens is 415 g/mol. The zero-order valence-corrected chi connectivity index (χ0v) is 20.2. The van der Waals surface area contributed by atoms with Crippen LogP contribution in [-0.4, -0.2) is 12.1 Å². The van der Waals surface area contributed by atoms with E-state index in [1.165, 1.54) is 83.5 Å². The number of benzene rings is 1. The SMILES string of the molecule is CCCCCCCCCCCCCCCCCC(=O)NN=Cc1ccc(Cl)cc1Cl. The van der Waals surface area contributed by atoms with Gasteiger partial charge >= 0.3 is 0 Å². The fourth-order valence-electron chi connectivity index (χ4n) is 3.49. The minimum Gasteiger partial charge on any atom is -0.273 e. The predicted molar refractivity (Wildman–Crippen MR) is 132 cm³/mol. The van der Waals surface area contributed by atoms with Crippen molar-refractivity contribution >= 4 is 35.3 Å². The first-order valence-electron chi connectivity index (χ1n) is 11.9. The van der Waals surface area contributed by atoms with Crippen LogP contribution >= 0.6 is 23.2 Å². The van der Waals surface area contributed by atoms with Crippen molar-refractivity contribution in [1.82, 2.24) is 5.43 Å². The van der Waals surface area contributed by atoms with Crippen LogP contribution < -0.4 is 5.43 Å². The minimum absolute atomic E-state index is 0.0500. The Kier molecular flexibility index (Phi) is 16.8. The van der Waals surface area contributed by atoms with E-state index in [-0.39, 0.29) is 5.91 Å². The van der Waals surface area contributed by atoms with Crippen LogP contribution in [0.2, 0.25) is 10.0 Å². The number of carbonyl (C=O) groups excluding carboxylic acids is 1. The first-order chi connectivity index (χ1) is 14.6. The summed E-state index contributed by atoms with van der Waals surface area (Å²) in [5, 5.41) is 5.06. The van der Waals surface area contributed by atoms with Crippen LogP contribution in [0.4, 0.5) is 0 Å². The van der Waals surface area contributed by atoms with E-state index in [0.717, 1.165) is 18.4 Å². The van der Waals surface area contributed by atoms with Gasteiger partial charge in [-0.15, -0.1) is 0 Å². The highest BCUT2D eigenvalue weighted by molar-refractivity contribution is 6.36. The molecule has 5 heteroatoms. The number of halogens is 2. The lowest BCUT2D eigenvalue weighted by Gasteiger charge is -2.03. The van der Waals surface area contributed by atoms with Crippen LogP contribution in [0.5, 0.6) is 0 Å². The molecule has 170 valence electrons. The van der Waals surface area contributed by atoms with E-state index in [2.05, 4.69) is 17.5 Å². The lowest BCUT2D eigenvalue weighted by molar-refractivity contribution is -0.121. The Balaban J connectivity index is 1.88. The highest BCUT2D eigenvalue weighted by atomic mass is 35.5. The van der Waals surface area contributed by atoms with Crippen molar-refractivity contribution in [2.24, 2.45) is 5.10 Å². The number of nitrogens with one attached hydrogen (secondary N) is 1. The van der Waals surface area contributed by atoms with Crippen LogP contribution in [0.3, 0.4) is 0 Å². The molecule has 1 aromatic carbocycles. The van der Waals surface area contributed by atoms with Gasteiger partial charge in [-0.2, -0.15) is 5.10 Å². The molecule has 1 aromatic rings. The average molecular weight is 456 g/mol. The summed E-state index contributed by atoms with van der Waals surface area (Å²) in [7, 11) is 0. The van der Waals surface area contributed by atoms with Crippen molar-refractivity contribution in [3.63, 3.8) is 0 Å². The van der Waals surface area contributed by atoms with E-state index in [1.54, 1.807) is 24.4 Å². The van der Waals surface area contributed by atoms with Crippen LogP contribution in [-0.2, 0) is 4.79 Å². The predicted octanol–water partition coefficient (Wildman–Crippen LogP) is 8.71. The molecule has 0 unspecified atom stereocenters. The number of rotatable bonds is 18. The quantitative estimate of drug-likeness (QED) is 0.134. The topological polar surface area (TPSA) is 41.5 Å². The number of hydrazone groups is 1. The highest BCUT2D eigenvalue weighted by Gasteiger charge is 2.01. The normalized spacial score (nSPS) is 11.3. The van der Waals surface area contributed by atoms with Crippen LogP contribution in [0.15, 0.2) is 23.3 Å². The Labute approximate surface area is 194 Å². The maximum atomic E-state index is 11.8. The van der Waals surface area contributed by atoms with Crippen molar-refractivity contribution in [2.75, 3.05) is 0 Å². The number of amides is 1. The Morgan fingerprint density at radius 3 is 1.83 bits per heavy atom. The molecule has 0 aliphatic rings. The summed E-state index contributed by atoms with van der Waals surface area (Å²) in [6.45, 7) is 2.27. The molecule has 3 nitrogen and oxygen atoms in total. The zero-order chi connectivity index (χ0) is 21.9. The van der Waals surface area contributed by atoms with E-state index >= 15 is 0 Å². The molecule has 0 radical (unpaired) electrons. The summed E-state index contributed by atoms with van der Waals surface area (Å²) in [6.07, 6.45) is 21.9. The van der Waals surface area contributed by atoms with Gasteiger partial charge < -0.3 is 0 Å². The summed E-state index contributed by atoms with van der Waals surface area (Å²) in [4.78, 5) is 11.8. The molecule has 0 heterocycles. The number of hydrogen-bond acceptors (Lipinski definition) is 2. The van der Waals surface area contributed by atoms with Gasteiger partial charge in [-0.3, -0.25) is 4.79 Å². The van der Waals surface area contributed by atoms with Gasteiger partial charge in [-0.1, -0.05) is 126 Å². The van der Waals surface area contributed by atoms with Gasteiger partial charge in [0.25, 0.3) is 0 Å². The Hall–Kier alpha value is -1.06. The smallest absolute Gasteiger partial charge is 0.240 e. The van der Waals surface area contributed by atoms with Crippen molar-refractivity contribution in [3.8, 4) is 0 Å². The molecule has 0 aliphatic carbocycles. The van der Waals surface area contributed by atoms with Gasteiger partial charge in [0.15, 0.2) is 0 Å². The summed E-state index contributed by atoms with van der Waals surface area (Å²) in [5.41, 5.74) is 3.29. The van der Waals surface area contributed by atoms with Crippen molar-refractivity contribution in [2.45, 2.75) is 110 Å². The minimum atomic E-state index is -0.0500. The fourth-order valence-corrected chi connectivity index (χ4v) is 3.95. The molecule has 1 N–H and O–H groups in total. The van der Waals surface area contributed by atoms with Crippen molar-refractivity contribution in [1.29, 1.82) is 0 Å². The molecule has 0 bridgehead atoms. The number of hydrogen-bond donors (Lipinski definition) is 1. The third-order valence-corrected chi connectivity index (χ3v) is 5.93. The molecule has 0 aromatic heterocycles. The van der Waals surface area contributed by atoms with Crippen molar-refractivity contribution < 1.29 is 4.79 Å². The third kappa shape index (κ3) is 14.8. The van der Waals surface area contributed by atoms with Gasteiger partial charge in [0.1, 0.15) is 0 Å². The van der Waals surface area contributed by atoms with Crippen LogP contribution in [0.1, 0.15) is 115 Å². The summed E-state index contributed by atoms with van der Waals surface area (Å²) in [5.74, 6) is -0.0500. The van der Waals surface area contributed by atoms with Gasteiger partial charge in [0, 0.05) is 17.0 Å². The lowest BCUT2D eigenvalue weighted by Crippen LogP contribution is -2.16. The summed E-state index contributed by atoms with van der Waals surface area (Å²) < 4.78 is 0. The van der Waals surface area contributed by atoms with Crippen LogP contribution in [0, 0.1) is 0 Å². The molecular formula is C25H40Cl2N2O. The standard InChI is InChI=1S/C25H40Cl2N2O/c1-2-3-4-5-6-7-8-9-10-11-12-13-14-15-16-17-25(30)29-28-21-22-18-19-23(26)20-24(22)27/h18-21H,2-17H2,1H3,(H,29,30). The molecule has 0 fully saturated rings. The molecule has 1 rings (SSSR count). The van der Waals surface area contributed by atoms with E-state index in [9.17, 15) is 4.79 Å². The van der Waals surface area contributed by atoms with E-state index in [0.29, 0.717) is 16.5 Å². The monoisotopic (exact) mass is 454 g/mol. The largest absolute Gasteiger partial charge is 0.273 e. The maximum Gasteiger partial charge on any atom is 0.240 e. The number of nitrogens with zero attached hydrogens (tertiary/aromatic N) is 1. The Morgan fingerprint density at radius 1 is 0.833 bits per heavy atom. The fraction of sp³-hybridized carbons (Fsp3) is 0.680. The molecule has 0 aliphatic heterocycles. The van der Waals surface area contributed by atoms with Crippen LogP contribution in [0.25, 0.3) is 0 Å². The zero-order valence-electron chi connectivity index (χ0n) is 18.7. The molecule has 0 spiro atoms. The average Bonchev–Trinajstić information content (AvgIpc) is 2.72. The number of carbonyl (C=O) groups is 1. The Bertz CT molecular complexity index is 605. The second-order valence-electron chi connectivity index (χ2n) is 8.16. The lowest BCUT2D eigenvalue weighted by atomic mass is 10.0. The van der Waals surface area contributed by atoms with Gasteiger partial charge in [0.05, 0.1) is 11.2 Å². The van der Waals surface area contributed by atoms with E-state index < -0.39 is 0 Å². The molecule has 30 heavy (non-hydrogen) atoms. The van der Waals surface area contributed by atoms with E-state index in [4.69, 9.17) is 23.2 Å². The second-order valence-corrected chi connectivity index (χ2v) is 9.00. The maximum absolute atomic E-state index is 11.8. The summed E-state index contributed by atoms with van der Waals surface area (Å²) >= 11 is 11.9. The molecule has 0 atom stereocenters. The van der Waals surface area contributed by atoms with Gasteiger partial charge in [0.2, 0.25) is 5.91 Å². The first-order valence-corrected chi connectivity index (χ1v) is 12.7. The van der Waals surface area contributed by atoms with Gasteiger partial charge in [-0.25, -0.2) is 5.43 Å². The van der Waals surface area contributed by atoms with Crippen molar-refractivity contribution in [3.05, 3.63) is 33.8 Å². The molecule has 0 saturated carbocycles. The first kappa shape index (κ1) is 27.0.